The molecule has 1 heterocycles. The van der Waals surface area contributed by atoms with Crippen molar-refractivity contribution in [1.29, 1.82) is 0 Å². The van der Waals surface area contributed by atoms with E-state index in [-0.39, 0.29) is 23.8 Å². The number of rotatable bonds is 5. The minimum Gasteiger partial charge on any atom is -0.481 e. The first-order chi connectivity index (χ1) is 12.5. The number of carboxylic acids is 1. The van der Waals surface area contributed by atoms with Crippen molar-refractivity contribution in [3.63, 3.8) is 0 Å². The molecular weight excluding hydrogens is 352 g/mol. The highest BCUT2D eigenvalue weighted by atomic mass is 32.1. The Hall–Kier alpha value is -2.67. The van der Waals surface area contributed by atoms with Crippen LogP contribution in [0, 0.1) is 5.92 Å². The molecule has 1 aliphatic carbocycles. The zero-order chi connectivity index (χ0) is 18.5. The van der Waals surface area contributed by atoms with Gasteiger partial charge in [0, 0.05) is 17.3 Å². The predicted molar refractivity (Wildman–Crippen MR) is 99.6 cm³/mol. The van der Waals surface area contributed by atoms with Crippen LogP contribution in [0.25, 0.3) is 0 Å². The second-order valence-corrected chi connectivity index (χ2v) is 7.32. The second kappa shape index (κ2) is 8.14. The molecule has 136 valence electrons. The summed E-state index contributed by atoms with van der Waals surface area (Å²) in [5.41, 5.74) is 1.03. The summed E-state index contributed by atoms with van der Waals surface area (Å²) in [4.78, 5) is 36.2. The number of amides is 2. The van der Waals surface area contributed by atoms with Crippen LogP contribution in [0.4, 0.5) is 5.69 Å². The van der Waals surface area contributed by atoms with Crippen molar-refractivity contribution in [2.24, 2.45) is 5.92 Å². The molecule has 7 heteroatoms. The Morgan fingerprint density at radius 2 is 1.77 bits per heavy atom. The van der Waals surface area contributed by atoms with E-state index in [1.54, 1.807) is 30.3 Å². The van der Waals surface area contributed by atoms with Gasteiger partial charge in [-0.2, -0.15) is 0 Å². The van der Waals surface area contributed by atoms with E-state index in [2.05, 4.69) is 10.6 Å². The second-order valence-electron chi connectivity index (χ2n) is 6.37. The lowest BCUT2D eigenvalue weighted by Crippen LogP contribution is -2.38. The van der Waals surface area contributed by atoms with E-state index in [9.17, 15) is 14.4 Å². The number of benzene rings is 1. The summed E-state index contributed by atoms with van der Waals surface area (Å²) >= 11 is 1.35. The number of thiophene rings is 1. The predicted octanol–water partition coefficient (Wildman–Crippen LogP) is 3.37. The van der Waals surface area contributed by atoms with E-state index in [1.165, 1.54) is 11.3 Å². The zero-order valence-corrected chi connectivity index (χ0v) is 14.9. The van der Waals surface area contributed by atoms with Crippen molar-refractivity contribution >= 4 is 34.8 Å². The molecule has 1 aliphatic rings. The number of nitrogens with one attached hydrogen (secondary N) is 2. The molecule has 1 aromatic carbocycles. The standard InChI is InChI=1S/C19H20N2O4S/c22-17(20-14-8-6-12(7-9-14)19(24)25)13-3-1-4-15(11-13)21-18(23)16-5-2-10-26-16/h1-5,10-12,14H,6-9H2,(H,20,22)(H,21,23)(H,24,25). The normalized spacial score (nSPS) is 19.5. The Labute approximate surface area is 155 Å². The highest BCUT2D eigenvalue weighted by Crippen LogP contribution is 2.25. The summed E-state index contributed by atoms with van der Waals surface area (Å²) in [6, 6.07) is 10.3. The first-order valence-electron chi connectivity index (χ1n) is 8.51. The van der Waals surface area contributed by atoms with E-state index in [4.69, 9.17) is 5.11 Å². The molecule has 0 aliphatic heterocycles. The highest BCUT2D eigenvalue weighted by molar-refractivity contribution is 7.12. The number of hydrogen-bond donors (Lipinski definition) is 3. The van der Waals surface area contributed by atoms with Crippen LogP contribution >= 0.6 is 11.3 Å². The molecule has 0 unspecified atom stereocenters. The molecular formula is C19H20N2O4S. The van der Waals surface area contributed by atoms with E-state index in [0.717, 1.165) is 0 Å². The van der Waals surface area contributed by atoms with Crippen LogP contribution in [-0.4, -0.2) is 28.9 Å². The molecule has 2 amide bonds. The average molecular weight is 372 g/mol. The van der Waals surface area contributed by atoms with Gasteiger partial charge in [0.25, 0.3) is 11.8 Å². The summed E-state index contributed by atoms with van der Waals surface area (Å²) < 4.78 is 0. The number of carbonyl (C=O) groups is 3. The largest absolute Gasteiger partial charge is 0.481 e. The van der Waals surface area contributed by atoms with Gasteiger partial charge in [0.05, 0.1) is 10.8 Å². The van der Waals surface area contributed by atoms with Gasteiger partial charge in [0.2, 0.25) is 0 Å². The fraction of sp³-hybridized carbons (Fsp3) is 0.316. The van der Waals surface area contributed by atoms with Crippen LogP contribution in [0.15, 0.2) is 41.8 Å². The van der Waals surface area contributed by atoms with Gasteiger partial charge in [-0.1, -0.05) is 12.1 Å². The molecule has 0 spiro atoms. The maximum Gasteiger partial charge on any atom is 0.306 e. The lowest BCUT2D eigenvalue weighted by molar-refractivity contribution is -0.142. The van der Waals surface area contributed by atoms with Crippen LogP contribution in [0.5, 0.6) is 0 Å². The number of hydrogen-bond acceptors (Lipinski definition) is 4. The quantitative estimate of drug-likeness (QED) is 0.750. The Morgan fingerprint density at radius 3 is 2.42 bits per heavy atom. The van der Waals surface area contributed by atoms with E-state index < -0.39 is 5.97 Å². The first-order valence-corrected chi connectivity index (χ1v) is 9.39. The van der Waals surface area contributed by atoms with Crippen molar-refractivity contribution in [1.82, 2.24) is 5.32 Å². The van der Waals surface area contributed by atoms with E-state index in [0.29, 0.717) is 41.8 Å². The summed E-state index contributed by atoms with van der Waals surface area (Å²) in [5.74, 6) is -1.48. The highest BCUT2D eigenvalue weighted by Gasteiger charge is 2.26. The summed E-state index contributed by atoms with van der Waals surface area (Å²) in [7, 11) is 0. The fourth-order valence-corrected chi connectivity index (χ4v) is 3.71. The van der Waals surface area contributed by atoms with Crippen LogP contribution in [-0.2, 0) is 4.79 Å². The van der Waals surface area contributed by atoms with Gasteiger partial charge in [-0.15, -0.1) is 11.3 Å². The molecule has 1 fully saturated rings. The Balaban J connectivity index is 1.58. The van der Waals surface area contributed by atoms with Crippen molar-refractivity contribution in [2.45, 2.75) is 31.7 Å². The smallest absolute Gasteiger partial charge is 0.306 e. The fourth-order valence-electron chi connectivity index (χ4n) is 3.09. The van der Waals surface area contributed by atoms with Gasteiger partial charge in [0.1, 0.15) is 0 Å². The third-order valence-electron chi connectivity index (χ3n) is 4.54. The van der Waals surface area contributed by atoms with Crippen molar-refractivity contribution in [3.05, 3.63) is 52.2 Å². The Morgan fingerprint density at radius 1 is 1.00 bits per heavy atom. The van der Waals surface area contributed by atoms with E-state index in [1.807, 2.05) is 11.4 Å². The summed E-state index contributed by atoms with van der Waals surface area (Å²) in [6.07, 6.45) is 2.49. The van der Waals surface area contributed by atoms with Crippen LogP contribution < -0.4 is 10.6 Å². The summed E-state index contributed by atoms with van der Waals surface area (Å²) in [5, 5.41) is 16.6. The van der Waals surface area contributed by atoms with Gasteiger partial charge >= 0.3 is 5.97 Å². The molecule has 26 heavy (non-hydrogen) atoms. The Bertz CT molecular complexity index is 796. The molecule has 6 nitrogen and oxygen atoms in total. The van der Waals surface area contributed by atoms with Gasteiger partial charge in [-0.3, -0.25) is 14.4 Å². The molecule has 1 aromatic heterocycles. The zero-order valence-electron chi connectivity index (χ0n) is 14.1. The maximum atomic E-state index is 12.5. The molecule has 2 aromatic rings. The van der Waals surface area contributed by atoms with Crippen LogP contribution in [0.3, 0.4) is 0 Å². The van der Waals surface area contributed by atoms with E-state index >= 15 is 0 Å². The van der Waals surface area contributed by atoms with Gasteiger partial charge in [0.15, 0.2) is 0 Å². The third-order valence-corrected chi connectivity index (χ3v) is 5.41. The maximum absolute atomic E-state index is 12.5. The lowest BCUT2D eigenvalue weighted by atomic mass is 9.86. The van der Waals surface area contributed by atoms with Crippen molar-refractivity contribution in [2.75, 3.05) is 5.32 Å². The minimum absolute atomic E-state index is 0.0116. The SMILES string of the molecule is O=C(NC1CCC(C(=O)O)CC1)c1cccc(NC(=O)c2cccs2)c1. The molecule has 0 bridgehead atoms. The summed E-state index contributed by atoms with van der Waals surface area (Å²) in [6.45, 7) is 0. The first kappa shape index (κ1) is 18.1. The molecule has 3 N–H and O–H groups in total. The monoisotopic (exact) mass is 372 g/mol. The number of carbonyl (C=O) groups excluding carboxylic acids is 2. The molecule has 3 rings (SSSR count). The van der Waals surface area contributed by atoms with Crippen LogP contribution in [0.2, 0.25) is 0 Å². The van der Waals surface area contributed by atoms with Gasteiger partial charge < -0.3 is 15.7 Å². The topological polar surface area (TPSA) is 95.5 Å². The molecule has 0 saturated heterocycles. The van der Waals surface area contributed by atoms with Crippen molar-refractivity contribution < 1.29 is 19.5 Å². The van der Waals surface area contributed by atoms with Gasteiger partial charge in [-0.25, -0.2) is 0 Å². The number of aliphatic carboxylic acids is 1. The van der Waals surface area contributed by atoms with Crippen molar-refractivity contribution in [3.8, 4) is 0 Å². The molecule has 0 atom stereocenters. The number of anilines is 1. The average Bonchev–Trinajstić information content (AvgIpc) is 3.17. The Kier molecular flexibility index (Phi) is 5.68. The molecule has 0 radical (unpaired) electrons. The third kappa shape index (κ3) is 4.49. The lowest BCUT2D eigenvalue weighted by Gasteiger charge is -2.26. The molecule has 1 saturated carbocycles. The number of carboxylic acid groups (broad SMARTS) is 1. The van der Waals surface area contributed by atoms with Gasteiger partial charge in [-0.05, 0) is 55.3 Å². The minimum atomic E-state index is -0.760. The van der Waals surface area contributed by atoms with Crippen LogP contribution in [0.1, 0.15) is 45.7 Å².